The minimum atomic E-state index is -1.92. The number of hydrogen-bond acceptors (Lipinski definition) is 8. The van der Waals surface area contributed by atoms with Crippen molar-refractivity contribution in [1.82, 2.24) is 0 Å². The molecule has 2 aromatic carbocycles. The molecule has 0 saturated heterocycles. The number of cyclic esters (lactones) is 1. The topological polar surface area (TPSA) is 123 Å². The van der Waals surface area contributed by atoms with Crippen LogP contribution in [0, 0.1) is 0 Å². The van der Waals surface area contributed by atoms with Gasteiger partial charge in [0.15, 0.2) is 0 Å². The molecule has 2 aliphatic heterocycles. The Morgan fingerprint density at radius 1 is 1.12 bits per heavy atom. The SMILES string of the molecule is COC(=O)C1(Cc2ccc3c(c2)CC(O)C(C)(C)O3)OC(=O)C(O)=C1c1ccc(O)cc1. The van der Waals surface area contributed by atoms with Crippen LogP contribution in [-0.2, 0) is 31.9 Å². The first-order valence-corrected chi connectivity index (χ1v) is 10.1. The van der Waals surface area contributed by atoms with E-state index < -0.39 is 35.0 Å². The number of phenolic OH excluding ortho intramolecular Hbond substituents is 1. The average Bonchev–Trinajstić information content (AvgIpc) is 2.99. The minimum Gasteiger partial charge on any atom is -0.508 e. The molecular weight excluding hydrogens is 416 g/mol. The molecule has 0 fully saturated rings. The van der Waals surface area contributed by atoms with E-state index >= 15 is 0 Å². The zero-order valence-corrected chi connectivity index (χ0v) is 17.9. The van der Waals surface area contributed by atoms with Crippen molar-refractivity contribution in [2.24, 2.45) is 0 Å². The molecule has 0 aromatic heterocycles. The molecule has 0 saturated carbocycles. The van der Waals surface area contributed by atoms with Crippen LogP contribution in [0.5, 0.6) is 11.5 Å². The summed E-state index contributed by atoms with van der Waals surface area (Å²) >= 11 is 0. The lowest BCUT2D eigenvalue weighted by Crippen LogP contribution is -2.46. The van der Waals surface area contributed by atoms with E-state index in [9.17, 15) is 24.9 Å². The fourth-order valence-corrected chi connectivity index (χ4v) is 4.15. The first-order chi connectivity index (χ1) is 15.1. The molecule has 0 amide bonds. The van der Waals surface area contributed by atoms with Crippen LogP contribution < -0.4 is 4.74 Å². The van der Waals surface area contributed by atoms with Gasteiger partial charge in [-0.2, -0.15) is 0 Å². The molecule has 2 aliphatic rings. The summed E-state index contributed by atoms with van der Waals surface area (Å²) in [6, 6.07) is 10.9. The highest BCUT2D eigenvalue weighted by atomic mass is 16.6. The lowest BCUT2D eigenvalue weighted by Gasteiger charge is -2.37. The molecule has 168 valence electrons. The number of ether oxygens (including phenoxy) is 3. The number of esters is 2. The molecule has 2 atom stereocenters. The summed E-state index contributed by atoms with van der Waals surface area (Å²) in [6.07, 6.45) is -0.480. The van der Waals surface area contributed by atoms with E-state index in [0.29, 0.717) is 23.3 Å². The summed E-state index contributed by atoms with van der Waals surface area (Å²) in [6.45, 7) is 3.60. The number of phenols is 1. The van der Waals surface area contributed by atoms with Gasteiger partial charge in [-0.25, -0.2) is 9.59 Å². The summed E-state index contributed by atoms with van der Waals surface area (Å²) in [5.41, 5.74) is -1.00. The molecule has 4 rings (SSSR count). The van der Waals surface area contributed by atoms with Gasteiger partial charge in [0.05, 0.1) is 18.8 Å². The van der Waals surface area contributed by atoms with Gasteiger partial charge in [0, 0.05) is 12.8 Å². The van der Waals surface area contributed by atoms with Gasteiger partial charge in [-0.15, -0.1) is 0 Å². The van der Waals surface area contributed by atoms with Gasteiger partial charge in [0.1, 0.15) is 17.1 Å². The molecule has 0 radical (unpaired) electrons. The predicted molar refractivity (Wildman–Crippen MR) is 113 cm³/mol. The zero-order valence-electron chi connectivity index (χ0n) is 17.9. The van der Waals surface area contributed by atoms with Gasteiger partial charge in [-0.3, -0.25) is 0 Å². The monoisotopic (exact) mass is 440 g/mol. The fourth-order valence-electron chi connectivity index (χ4n) is 4.15. The standard InChI is InChI=1S/C24H24O8/c1-23(2)18(26)11-15-10-13(4-9-17(15)31-23)12-24(22(29)30-3)19(20(27)21(28)32-24)14-5-7-16(25)8-6-14/h4-10,18,25-27H,11-12H2,1-3H3. The second-order valence-corrected chi connectivity index (χ2v) is 8.52. The Bertz CT molecular complexity index is 1120. The van der Waals surface area contributed by atoms with Gasteiger partial charge < -0.3 is 29.5 Å². The van der Waals surface area contributed by atoms with E-state index in [4.69, 9.17) is 14.2 Å². The molecule has 2 heterocycles. The van der Waals surface area contributed by atoms with Gasteiger partial charge in [0.2, 0.25) is 11.4 Å². The second-order valence-electron chi connectivity index (χ2n) is 8.52. The van der Waals surface area contributed by atoms with Gasteiger partial charge in [0.25, 0.3) is 0 Å². The maximum absolute atomic E-state index is 12.9. The summed E-state index contributed by atoms with van der Waals surface area (Å²) in [5, 5.41) is 30.5. The third-order valence-electron chi connectivity index (χ3n) is 5.94. The van der Waals surface area contributed by atoms with Crippen molar-refractivity contribution in [1.29, 1.82) is 0 Å². The molecule has 8 heteroatoms. The van der Waals surface area contributed by atoms with Crippen molar-refractivity contribution in [3.8, 4) is 11.5 Å². The van der Waals surface area contributed by atoms with Crippen molar-refractivity contribution < 1.29 is 39.1 Å². The third-order valence-corrected chi connectivity index (χ3v) is 5.94. The van der Waals surface area contributed by atoms with Crippen molar-refractivity contribution in [2.75, 3.05) is 7.11 Å². The number of aromatic hydroxyl groups is 1. The van der Waals surface area contributed by atoms with Crippen LogP contribution in [0.2, 0.25) is 0 Å². The maximum atomic E-state index is 12.9. The summed E-state index contributed by atoms with van der Waals surface area (Å²) in [4.78, 5) is 25.3. The second kappa shape index (κ2) is 7.56. The number of aliphatic hydroxyl groups is 2. The summed E-state index contributed by atoms with van der Waals surface area (Å²) < 4.78 is 16.3. The first kappa shape index (κ1) is 21.7. The van der Waals surface area contributed by atoms with E-state index in [2.05, 4.69) is 0 Å². The van der Waals surface area contributed by atoms with Crippen molar-refractivity contribution >= 4 is 17.5 Å². The van der Waals surface area contributed by atoms with Crippen molar-refractivity contribution in [3.05, 3.63) is 64.9 Å². The smallest absolute Gasteiger partial charge is 0.375 e. The van der Waals surface area contributed by atoms with Crippen LogP contribution in [0.3, 0.4) is 0 Å². The van der Waals surface area contributed by atoms with E-state index in [1.54, 1.807) is 32.0 Å². The maximum Gasteiger partial charge on any atom is 0.375 e. The van der Waals surface area contributed by atoms with Crippen LogP contribution in [0.1, 0.15) is 30.5 Å². The zero-order chi connectivity index (χ0) is 23.3. The van der Waals surface area contributed by atoms with Crippen molar-refractivity contribution in [2.45, 2.75) is 44.0 Å². The van der Waals surface area contributed by atoms with E-state index in [-0.39, 0.29) is 17.7 Å². The third kappa shape index (κ3) is 3.46. The molecule has 0 spiro atoms. The number of fused-ring (bicyclic) bond motifs is 1. The quantitative estimate of drug-likeness (QED) is 0.620. The number of carbonyl (C=O) groups excluding carboxylic acids is 2. The molecule has 2 aromatic rings. The average molecular weight is 440 g/mol. The Kier molecular flexibility index (Phi) is 5.13. The van der Waals surface area contributed by atoms with Gasteiger partial charge in [-0.1, -0.05) is 24.3 Å². The highest BCUT2D eigenvalue weighted by Gasteiger charge is 2.55. The number of benzene rings is 2. The number of rotatable bonds is 4. The number of hydrogen-bond donors (Lipinski definition) is 3. The van der Waals surface area contributed by atoms with E-state index in [1.807, 2.05) is 0 Å². The number of aliphatic hydroxyl groups excluding tert-OH is 2. The molecule has 0 aliphatic carbocycles. The molecular formula is C24H24O8. The highest BCUT2D eigenvalue weighted by molar-refractivity contribution is 6.11. The van der Waals surface area contributed by atoms with Crippen LogP contribution in [0.4, 0.5) is 0 Å². The van der Waals surface area contributed by atoms with Gasteiger partial charge >= 0.3 is 11.9 Å². The van der Waals surface area contributed by atoms with Crippen molar-refractivity contribution in [3.63, 3.8) is 0 Å². The Labute approximate surface area is 184 Å². The normalized spacial score (nSPS) is 23.9. The Morgan fingerprint density at radius 3 is 2.47 bits per heavy atom. The van der Waals surface area contributed by atoms with Crippen LogP contribution in [-0.4, -0.2) is 51.7 Å². The number of methoxy groups -OCH3 is 1. The Hall–Kier alpha value is -3.52. The summed E-state index contributed by atoms with van der Waals surface area (Å²) in [5.74, 6) is -1.99. The largest absolute Gasteiger partial charge is 0.508 e. The first-order valence-electron chi connectivity index (χ1n) is 10.1. The summed E-state index contributed by atoms with van der Waals surface area (Å²) in [7, 11) is 1.17. The lowest BCUT2D eigenvalue weighted by atomic mass is 9.82. The molecule has 32 heavy (non-hydrogen) atoms. The lowest BCUT2D eigenvalue weighted by molar-refractivity contribution is -0.169. The Morgan fingerprint density at radius 2 is 1.81 bits per heavy atom. The highest BCUT2D eigenvalue weighted by Crippen LogP contribution is 2.43. The van der Waals surface area contributed by atoms with E-state index in [0.717, 1.165) is 5.56 Å². The van der Waals surface area contributed by atoms with Gasteiger partial charge in [-0.05, 0) is 48.7 Å². The Balaban J connectivity index is 1.78. The number of carbonyl (C=O) groups is 2. The van der Waals surface area contributed by atoms with Crippen LogP contribution in [0.15, 0.2) is 48.2 Å². The fraction of sp³-hybridized carbons (Fsp3) is 0.333. The van der Waals surface area contributed by atoms with Crippen LogP contribution in [0.25, 0.3) is 5.57 Å². The molecule has 2 unspecified atom stereocenters. The van der Waals surface area contributed by atoms with E-state index in [1.165, 1.54) is 31.4 Å². The molecule has 0 bridgehead atoms. The molecule has 8 nitrogen and oxygen atoms in total. The molecule has 3 N–H and O–H groups in total. The minimum absolute atomic E-state index is 0.0149. The predicted octanol–water partition coefficient (Wildman–Crippen LogP) is 2.45. The van der Waals surface area contributed by atoms with Crippen LogP contribution >= 0.6 is 0 Å².